The molecule has 1 fully saturated rings. The second-order valence-corrected chi connectivity index (χ2v) is 9.10. The largest absolute Gasteiger partial charge is 0.243 e. The molecular formula is C20H24ClNO2S. The molecule has 0 saturated carbocycles. The predicted molar refractivity (Wildman–Crippen MR) is 102 cm³/mol. The Morgan fingerprint density at radius 1 is 1.00 bits per heavy atom. The molecule has 0 bridgehead atoms. The lowest BCUT2D eigenvalue weighted by Crippen LogP contribution is -2.35. The Balaban J connectivity index is 2.06. The third kappa shape index (κ3) is 3.91. The molecule has 0 amide bonds. The van der Waals surface area contributed by atoms with Crippen LogP contribution in [-0.4, -0.2) is 19.3 Å². The first kappa shape index (κ1) is 18.4. The van der Waals surface area contributed by atoms with Crippen LogP contribution in [0.25, 0.3) is 0 Å². The topological polar surface area (TPSA) is 37.4 Å². The molecule has 25 heavy (non-hydrogen) atoms. The van der Waals surface area contributed by atoms with Crippen LogP contribution >= 0.6 is 11.6 Å². The fraction of sp³-hybridized carbons (Fsp3) is 0.400. The second-order valence-electron chi connectivity index (χ2n) is 6.80. The van der Waals surface area contributed by atoms with Crippen LogP contribution in [0.15, 0.2) is 47.4 Å². The average Bonchev–Trinajstić information content (AvgIpc) is 2.84. The molecule has 1 atom stereocenters. The van der Waals surface area contributed by atoms with Crippen LogP contribution in [0.3, 0.4) is 0 Å². The normalized spacial score (nSPS) is 19.6. The van der Waals surface area contributed by atoms with E-state index in [9.17, 15) is 8.42 Å². The number of hydrogen-bond donors (Lipinski definition) is 0. The Hall–Kier alpha value is -1.36. The van der Waals surface area contributed by atoms with E-state index in [0.29, 0.717) is 16.5 Å². The highest BCUT2D eigenvalue weighted by Gasteiger charge is 2.34. The van der Waals surface area contributed by atoms with Gasteiger partial charge in [-0.2, -0.15) is 4.31 Å². The van der Waals surface area contributed by atoms with Crippen molar-refractivity contribution in [1.82, 2.24) is 4.31 Å². The van der Waals surface area contributed by atoms with E-state index in [1.54, 1.807) is 10.4 Å². The van der Waals surface area contributed by atoms with Gasteiger partial charge in [0.2, 0.25) is 10.0 Å². The monoisotopic (exact) mass is 377 g/mol. The van der Waals surface area contributed by atoms with Gasteiger partial charge in [-0.05, 0) is 61.6 Å². The minimum absolute atomic E-state index is 0.135. The quantitative estimate of drug-likeness (QED) is 0.731. The summed E-state index contributed by atoms with van der Waals surface area (Å²) in [6.45, 7) is 4.35. The maximum absolute atomic E-state index is 13.5. The van der Waals surface area contributed by atoms with E-state index in [2.05, 4.69) is 0 Å². The molecule has 2 aromatic carbocycles. The molecule has 0 aromatic heterocycles. The predicted octanol–water partition coefficient (Wildman–Crippen LogP) is 5.26. The first-order chi connectivity index (χ1) is 11.9. The SMILES string of the molecule is Cc1ccc(C)c(S(=O)(=O)N2CCCCC[C@@H]2c2ccc(Cl)cc2)c1. The minimum Gasteiger partial charge on any atom is -0.207 e. The minimum atomic E-state index is -3.55. The fourth-order valence-corrected chi connectivity index (χ4v) is 5.62. The van der Waals surface area contributed by atoms with Crippen LogP contribution in [0.5, 0.6) is 0 Å². The highest BCUT2D eigenvalue weighted by Crippen LogP contribution is 2.36. The van der Waals surface area contributed by atoms with Crippen LogP contribution in [0.4, 0.5) is 0 Å². The molecule has 0 spiro atoms. The molecule has 1 saturated heterocycles. The Labute approximate surface area is 155 Å². The van der Waals surface area contributed by atoms with E-state index in [4.69, 9.17) is 11.6 Å². The number of rotatable bonds is 3. The summed E-state index contributed by atoms with van der Waals surface area (Å²) in [5.74, 6) is 0. The number of aryl methyl sites for hydroxylation is 2. The maximum atomic E-state index is 13.5. The molecule has 3 nitrogen and oxygen atoms in total. The maximum Gasteiger partial charge on any atom is 0.243 e. The summed E-state index contributed by atoms with van der Waals surface area (Å²) in [6, 6.07) is 13.1. The van der Waals surface area contributed by atoms with Crippen molar-refractivity contribution in [2.75, 3.05) is 6.54 Å². The first-order valence-electron chi connectivity index (χ1n) is 8.74. The van der Waals surface area contributed by atoms with Crippen molar-refractivity contribution < 1.29 is 8.42 Å². The van der Waals surface area contributed by atoms with Gasteiger partial charge in [-0.15, -0.1) is 0 Å². The number of nitrogens with zero attached hydrogens (tertiary/aromatic N) is 1. The summed E-state index contributed by atoms with van der Waals surface area (Å²) < 4.78 is 28.6. The van der Waals surface area contributed by atoms with Crippen LogP contribution in [0.1, 0.15) is 48.4 Å². The summed E-state index contributed by atoms with van der Waals surface area (Å²) in [5.41, 5.74) is 2.77. The molecule has 2 aromatic rings. The van der Waals surface area contributed by atoms with Gasteiger partial charge in [0.15, 0.2) is 0 Å². The van der Waals surface area contributed by atoms with E-state index in [-0.39, 0.29) is 6.04 Å². The molecule has 1 aliphatic rings. The molecule has 0 aliphatic carbocycles. The summed E-state index contributed by atoms with van der Waals surface area (Å²) >= 11 is 6.01. The van der Waals surface area contributed by atoms with Gasteiger partial charge in [-0.3, -0.25) is 0 Å². The summed E-state index contributed by atoms with van der Waals surface area (Å²) in [5, 5.41) is 0.668. The Morgan fingerprint density at radius 3 is 2.44 bits per heavy atom. The molecule has 0 unspecified atom stereocenters. The van der Waals surface area contributed by atoms with Crippen molar-refractivity contribution in [3.05, 3.63) is 64.2 Å². The van der Waals surface area contributed by atoms with E-state index < -0.39 is 10.0 Å². The summed E-state index contributed by atoms with van der Waals surface area (Å²) in [7, 11) is -3.55. The highest BCUT2D eigenvalue weighted by atomic mass is 35.5. The zero-order valence-corrected chi connectivity index (χ0v) is 16.3. The molecule has 1 aliphatic heterocycles. The van der Waals surface area contributed by atoms with Crippen molar-refractivity contribution in [3.8, 4) is 0 Å². The highest BCUT2D eigenvalue weighted by molar-refractivity contribution is 7.89. The molecule has 1 heterocycles. The van der Waals surface area contributed by atoms with E-state index >= 15 is 0 Å². The third-order valence-electron chi connectivity index (χ3n) is 4.89. The first-order valence-corrected chi connectivity index (χ1v) is 10.6. The van der Waals surface area contributed by atoms with Gasteiger partial charge in [-0.1, -0.05) is 48.7 Å². The average molecular weight is 378 g/mol. The van der Waals surface area contributed by atoms with Crippen molar-refractivity contribution in [2.45, 2.75) is 50.5 Å². The van der Waals surface area contributed by atoms with Crippen molar-refractivity contribution in [3.63, 3.8) is 0 Å². The smallest absolute Gasteiger partial charge is 0.207 e. The van der Waals surface area contributed by atoms with Crippen LogP contribution in [0.2, 0.25) is 5.02 Å². The van der Waals surface area contributed by atoms with Crippen molar-refractivity contribution >= 4 is 21.6 Å². The number of benzene rings is 2. The number of sulfonamides is 1. The zero-order chi connectivity index (χ0) is 18.0. The summed E-state index contributed by atoms with van der Waals surface area (Å²) in [4.78, 5) is 0.424. The zero-order valence-electron chi connectivity index (χ0n) is 14.7. The Morgan fingerprint density at radius 2 is 1.72 bits per heavy atom. The second kappa shape index (κ2) is 7.48. The van der Waals surface area contributed by atoms with Gasteiger partial charge in [-0.25, -0.2) is 8.42 Å². The van der Waals surface area contributed by atoms with Crippen LogP contribution in [-0.2, 0) is 10.0 Å². The van der Waals surface area contributed by atoms with Crippen molar-refractivity contribution in [1.29, 1.82) is 0 Å². The van der Waals surface area contributed by atoms with Crippen molar-refractivity contribution in [2.24, 2.45) is 0 Å². The van der Waals surface area contributed by atoms with Gasteiger partial charge in [0.1, 0.15) is 0 Å². The van der Waals surface area contributed by atoms with Gasteiger partial charge >= 0.3 is 0 Å². The summed E-state index contributed by atoms with van der Waals surface area (Å²) in [6.07, 6.45) is 3.83. The van der Waals surface area contributed by atoms with Gasteiger partial charge < -0.3 is 0 Å². The molecular weight excluding hydrogens is 354 g/mol. The molecule has 0 radical (unpaired) electrons. The molecule has 0 N–H and O–H groups in total. The number of halogens is 1. The molecule has 3 rings (SSSR count). The Bertz CT molecular complexity index is 846. The van der Waals surface area contributed by atoms with Gasteiger partial charge in [0.05, 0.1) is 10.9 Å². The lowest BCUT2D eigenvalue weighted by atomic mass is 10.0. The van der Waals surface area contributed by atoms with E-state index in [1.165, 1.54) is 0 Å². The lowest BCUT2D eigenvalue weighted by Gasteiger charge is -2.30. The standard InChI is InChI=1S/C20H24ClNO2S/c1-15-7-8-16(2)20(14-15)25(23,24)22-13-5-3-4-6-19(22)17-9-11-18(21)12-10-17/h7-12,14,19H,3-6,13H2,1-2H3/t19-/m1/s1. The van der Waals surface area contributed by atoms with Crippen LogP contribution < -0.4 is 0 Å². The third-order valence-corrected chi connectivity index (χ3v) is 7.19. The van der Waals surface area contributed by atoms with Crippen LogP contribution in [0, 0.1) is 13.8 Å². The van der Waals surface area contributed by atoms with Gasteiger partial charge in [0, 0.05) is 11.6 Å². The van der Waals surface area contributed by atoms with Gasteiger partial charge in [0.25, 0.3) is 0 Å². The van der Waals surface area contributed by atoms with E-state index in [0.717, 1.165) is 42.4 Å². The molecule has 5 heteroatoms. The fourth-order valence-electron chi connectivity index (χ4n) is 3.50. The lowest BCUT2D eigenvalue weighted by molar-refractivity contribution is 0.328. The molecule has 134 valence electrons. The number of hydrogen-bond acceptors (Lipinski definition) is 2. The Kier molecular flexibility index (Phi) is 5.52. The van der Waals surface area contributed by atoms with E-state index in [1.807, 2.05) is 50.2 Å².